The van der Waals surface area contributed by atoms with Crippen molar-refractivity contribution in [1.82, 2.24) is 4.90 Å². The normalized spacial score (nSPS) is 17.6. The van der Waals surface area contributed by atoms with Gasteiger partial charge in [0.25, 0.3) is 0 Å². The van der Waals surface area contributed by atoms with Gasteiger partial charge in [0, 0.05) is 18.1 Å². The lowest BCUT2D eigenvalue weighted by molar-refractivity contribution is -0.131. The van der Waals surface area contributed by atoms with Crippen LogP contribution in [0.5, 0.6) is 0 Å². The molecule has 0 aromatic heterocycles. The van der Waals surface area contributed by atoms with E-state index in [0.29, 0.717) is 5.56 Å². The van der Waals surface area contributed by atoms with Crippen molar-refractivity contribution in [2.24, 2.45) is 0 Å². The molecule has 1 amide bonds. The molecule has 18 heavy (non-hydrogen) atoms. The summed E-state index contributed by atoms with van der Waals surface area (Å²) >= 11 is 12.1. The molecule has 98 valence electrons. The Balaban J connectivity index is 2.14. The fraction of sp³-hybridized carbons (Fsp3) is 0.462. The topological polar surface area (TPSA) is 20.3 Å². The van der Waals surface area contributed by atoms with Crippen molar-refractivity contribution >= 4 is 29.1 Å². The summed E-state index contributed by atoms with van der Waals surface area (Å²) in [6.45, 7) is 1.47. The Morgan fingerprint density at radius 2 is 1.94 bits per heavy atom. The Hall–Kier alpha value is -0.800. The van der Waals surface area contributed by atoms with Gasteiger partial charge in [0.2, 0.25) is 5.91 Å². The molecule has 0 bridgehead atoms. The average Bonchev–Trinajstić information content (AvgIpc) is 2.38. The molecule has 1 aliphatic heterocycles. The van der Waals surface area contributed by atoms with E-state index in [1.165, 1.54) is 18.2 Å². The van der Waals surface area contributed by atoms with Crippen LogP contribution in [0.1, 0.15) is 30.2 Å². The zero-order chi connectivity index (χ0) is 13.1. The quantitative estimate of drug-likeness (QED) is 0.759. The molecule has 1 aromatic rings. The third-order valence-corrected chi connectivity index (χ3v) is 3.87. The molecule has 1 saturated heterocycles. The van der Waals surface area contributed by atoms with Gasteiger partial charge in [-0.2, -0.15) is 0 Å². The number of hydrogen-bond acceptors (Lipinski definition) is 1. The SMILES string of the molecule is O=C(C(Cl)c1ccc(F)cc1Cl)N1CCCCC1. The van der Waals surface area contributed by atoms with Crippen LogP contribution in [-0.2, 0) is 4.79 Å². The lowest BCUT2D eigenvalue weighted by Crippen LogP contribution is -2.37. The summed E-state index contributed by atoms with van der Waals surface area (Å²) in [7, 11) is 0. The Kier molecular flexibility index (Phi) is 4.46. The number of alkyl halides is 1. The predicted molar refractivity (Wildman–Crippen MR) is 70.4 cm³/mol. The van der Waals surface area contributed by atoms with Gasteiger partial charge >= 0.3 is 0 Å². The van der Waals surface area contributed by atoms with Crippen molar-refractivity contribution in [1.29, 1.82) is 0 Å². The van der Waals surface area contributed by atoms with Crippen LogP contribution in [-0.4, -0.2) is 23.9 Å². The van der Waals surface area contributed by atoms with E-state index in [2.05, 4.69) is 0 Å². The van der Waals surface area contributed by atoms with Crippen LogP contribution < -0.4 is 0 Å². The van der Waals surface area contributed by atoms with E-state index in [0.717, 1.165) is 32.4 Å². The first-order valence-corrected chi connectivity index (χ1v) is 6.79. The first-order valence-electron chi connectivity index (χ1n) is 5.97. The highest BCUT2D eigenvalue weighted by Gasteiger charge is 2.26. The number of nitrogens with zero attached hydrogens (tertiary/aromatic N) is 1. The number of carbonyl (C=O) groups is 1. The molecule has 2 rings (SSSR count). The van der Waals surface area contributed by atoms with E-state index in [1.54, 1.807) is 4.90 Å². The van der Waals surface area contributed by atoms with Gasteiger partial charge in [-0.25, -0.2) is 4.39 Å². The summed E-state index contributed by atoms with van der Waals surface area (Å²) in [4.78, 5) is 13.9. The maximum atomic E-state index is 12.9. The molecule has 0 radical (unpaired) electrons. The van der Waals surface area contributed by atoms with Crippen LogP contribution in [0.15, 0.2) is 18.2 Å². The molecular weight excluding hydrogens is 276 g/mol. The molecule has 1 aromatic carbocycles. The fourth-order valence-corrected chi connectivity index (χ4v) is 2.78. The molecule has 0 aliphatic carbocycles. The molecule has 0 spiro atoms. The number of piperidine rings is 1. The van der Waals surface area contributed by atoms with Crippen LogP contribution >= 0.6 is 23.2 Å². The van der Waals surface area contributed by atoms with Crippen molar-refractivity contribution in [2.45, 2.75) is 24.6 Å². The van der Waals surface area contributed by atoms with Gasteiger partial charge in [-0.3, -0.25) is 4.79 Å². The highest BCUT2D eigenvalue weighted by atomic mass is 35.5. The maximum absolute atomic E-state index is 12.9. The number of rotatable bonds is 2. The summed E-state index contributed by atoms with van der Waals surface area (Å²) < 4.78 is 12.9. The summed E-state index contributed by atoms with van der Waals surface area (Å²) in [6.07, 6.45) is 3.16. The van der Waals surface area contributed by atoms with Crippen molar-refractivity contribution in [3.63, 3.8) is 0 Å². The Bertz CT molecular complexity index is 447. The van der Waals surface area contributed by atoms with Crippen LogP contribution in [0.25, 0.3) is 0 Å². The van der Waals surface area contributed by atoms with Gasteiger partial charge in [0.1, 0.15) is 11.2 Å². The van der Waals surface area contributed by atoms with E-state index in [-0.39, 0.29) is 10.9 Å². The van der Waals surface area contributed by atoms with E-state index >= 15 is 0 Å². The van der Waals surface area contributed by atoms with Gasteiger partial charge in [-0.1, -0.05) is 17.7 Å². The summed E-state index contributed by atoms with van der Waals surface area (Å²) in [5.74, 6) is -0.581. The molecule has 1 atom stereocenters. The number of likely N-dealkylation sites (tertiary alicyclic amines) is 1. The Labute approximate surface area is 116 Å². The standard InChI is InChI=1S/C13H14Cl2FNO/c14-11-8-9(16)4-5-10(11)12(15)13(18)17-6-2-1-3-7-17/h4-5,8,12H,1-3,6-7H2. The molecule has 1 unspecified atom stereocenters. The van der Waals surface area contributed by atoms with Gasteiger partial charge in [-0.15, -0.1) is 11.6 Å². The van der Waals surface area contributed by atoms with Gasteiger partial charge < -0.3 is 4.90 Å². The minimum absolute atomic E-state index is 0.148. The first-order chi connectivity index (χ1) is 8.59. The molecule has 1 heterocycles. The third kappa shape index (κ3) is 2.96. The number of amides is 1. The number of halogens is 3. The van der Waals surface area contributed by atoms with Crippen LogP contribution in [0.2, 0.25) is 5.02 Å². The lowest BCUT2D eigenvalue weighted by atomic mass is 10.1. The summed E-state index contributed by atoms with van der Waals surface area (Å²) in [5, 5.41) is -0.642. The second-order valence-electron chi connectivity index (χ2n) is 4.41. The Morgan fingerprint density at radius 3 is 2.56 bits per heavy atom. The van der Waals surface area contributed by atoms with E-state index in [9.17, 15) is 9.18 Å². The first kappa shape index (κ1) is 13.6. The van der Waals surface area contributed by atoms with Crippen LogP contribution in [0, 0.1) is 5.82 Å². The smallest absolute Gasteiger partial charge is 0.245 e. The van der Waals surface area contributed by atoms with Crippen molar-refractivity contribution in [3.05, 3.63) is 34.6 Å². The molecule has 1 fully saturated rings. The van der Waals surface area contributed by atoms with Gasteiger partial charge in [-0.05, 0) is 37.0 Å². The minimum atomic E-state index is -0.837. The van der Waals surface area contributed by atoms with Crippen LogP contribution in [0.4, 0.5) is 4.39 Å². The molecule has 5 heteroatoms. The molecule has 0 saturated carbocycles. The summed E-state index contributed by atoms with van der Waals surface area (Å²) in [6, 6.07) is 3.91. The predicted octanol–water partition coefficient (Wildman–Crippen LogP) is 3.77. The van der Waals surface area contributed by atoms with Crippen molar-refractivity contribution < 1.29 is 9.18 Å². The number of benzene rings is 1. The molecule has 0 N–H and O–H groups in total. The molecular formula is C13H14Cl2FNO. The van der Waals surface area contributed by atoms with Crippen molar-refractivity contribution in [2.75, 3.05) is 13.1 Å². The minimum Gasteiger partial charge on any atom is -0.341 e. The second kappa shape index (κ2) is 5.89. The van der Waals surface area contributed by atoms with E-state index in [4.69, 9.17) is 23.2 Å². The molecule has 2 nitrogen and oxygen atoms in total. The zero-order valence-corrected chi connectivity index (χ0v) is 11.3. The highest BCUT2D eigenvalue weighted by molar-refractivity contribution is 6.35. The molecule has 1 aliphatic rings. The average molecular weight is 290 g/mol. The lowest BCUT2D eigenvalue weighted by Gasteiger charge is -2.28. The van der Waals surface area contributed by atoms with E-state index in [1.807, 2.05) is 0 Å². The largest absolute Gasteiger partial charge is 0.341 e. The number of carbonyl (C=O) groups excluding carboxylic acids is 1. The van der Waals surface area contributed by atoms with Crippen LogP contribution in [0.3, 0.4) is 0 Å². The number of hydrogen-bond donors (Lipinski definition) is 0. The fourth-order valence-electron chi connectivity index (χ4n) is 2.11. The van der Waals surface area contributed by atoms with E-state index < -0.39 is 11.2 Å². The van der Waals surface area contributed by atoms with Gasteiger partial charge in [0.05, 0.1) is 0 Å². The monoisotopic (exact) mass is 289 g/mol. The van der Waals surface area contributed by atoms with Crippen molar-refractivity contribution in [3.8, 4) is 0 Å². The summed E-state index contributed by atoms with van der Waals surface area (Å²) in [5.41, 5.74) is 0.468. The highest BCUT2D eigenvalue weighted by Crippen LogP contribution is 2.30. The zero-order valence-electron chi connectivity index (χ0n) is 9.83. The maximum Gasteiger partial charge on any atom is 0.245 e. The second-order valence-corrected chi connectivity index (χ2v) is 5.26. The third-order valence-electron chi connectivity index (χ3n) is 3.12. The Morgan fingerprint density at radius 1 is 1.28 bits per heavy atom. The van der Waals surface area contributed by atoms with Gasteiger partial charge in [0.15, 0.2) is 0 Å².